The summed E-state index contributed by atoms with van der Waals surface area (Å²) in [5, 5.41) is 11.5. The van der Waals surface area contributed by atoms with Gasteiger partial charge in [-0.15, -0.1) is 5.10 Å². The molecule has 2 aliphatic heterocycles. The van der Waals surface area contributed by atoms with Gasteiger partial charge in [0.25, 0.3) is 11.8 Å². The number of amides is 2. The second kappa shape index (κ2) is 9.26. The van der Waals surface area contributed by atoms with E-state index in [1.165, 1.54) is 0 Å². The first-order valence-corrected chi connectivity index (χ1v) is 11.4. The van der Waals surface area contributed by atoms with E-state index in [1.807, 2.05) is 60.1 Å². The van der Waals surface area contributed by atoms with Gasteiger partial charge in [0.1, 0.15) is 17.0 Å². The third kappa shape index (κ3) is 4.65. The van der Waals surface area contributed by atoms with Crippen molar-refractivity contribution >= 4 is 11.8 Å². The summed E-state index contributed by atoms with van der Waals surface area (Å²) in [4.78, 5) is 26.9. The lowest BCUT2D eigenvalue weighted by atomic mass is 10.0. The molecule has 3 heterocycles. The van der Waals surface area contributed by atoms with Crippen LogP contribution in [0.2, 0.25) is 0 Å². The van der Waals surface area contributed by atoms with Crippen LogP contribution in [0.5, 0.6) is 5.75 Å². The Morgan fingerprint density at radius 2 is 2.00 bits per heavy atom. The van der Waals surface area contributed by atoms with E-state index in [9.17, 15) is 9.59 Å². The van der Waals surface area contributed by atoms with Gasteiger partial charge in [-0.3, -0.25) is 9.59 Å². The number of ether oxygens (including phenoxy) is 2. The van der Waals surface area contributed by atoms with Gasteiger partial charge in [-0.1, -0.05) is 41.1 Å². The van der Waals surface area contributed by atoms with Crippen molar-refractivity contribution in [2.75, 3.05) is 19.7 Å². The number of fused-ring (bicyclic) bond motifs is 1. The zero-order chi connectivity index (χ0) is 23.5. The minimum Gasteiger partial charge on any atom is -0.484 e. The van der Waals surface area contributed by atoms with Crippen molar-refractivity contribution in [3.63, 3.8) is 0 Å². The van der Waals surface area contributed by atoms with E-state index in [0.717, 1.165) is 17.7 Å². The fourth-order valence-electron chi connectivity index (χ4n) is 4.44. The van der Waals surface area contributed by atoms with Crippen molar-refractivity contribution in [1.82, 2.24) is 25.2 Å². The van der Waals surface area contributed by atoms with Crippen LogP contribution in [0, 0.1) is 6.92 Å². The third-order valence-corrected chi connectivity index (χ3v) is 6.34. The highest BCUT2D eigenvalue weighted by molar-refractivity contribution is 5.94. The molecule has 3 aromatic rings. The lowest BCUT2D eigenvalue weighted by molar-refractivity contribution is -0.135. The molecule has 1 fully saturated rings. The normalized spacial score (nSPS) is 19.1. The van der Waals surface area contributed by atoms with Gasteiger partial charge in [-0.05, 0) is 37.6 Å². The van der Waals surface area contributed by atoms with Crippen LogP contribution in [0.3, 0.4) is 0 Å². The highest BCUT2D eigenvalue weighted by atomic mass is 16.5. The topological polar surface area (TPSA) is 98.6 Å². The van der Waals surface area contributed by atoms with Crippen molar-refractivity contribution in [1.29, 1.82) is 0 Å². The maximum absolute atomic E-state index is 12.7. The number of rotatable bonds is 6. The summed E-state index contributed by atoms with van der Waals surface area (Å²) in [5.41, 5.74) is 2.71. The van der Waals surface area contributed by atoms with Crippen LogP contribution in [-0.2, 0) is 29.2 Å². The van der Waals surface area contributed by atoms with Crippen LogP contribution < -0.4 is 10.1 Å². The molecule has 9 nitrogen and oxygen atoms in total. The summed E-state index contributed by atoms with van der Waals surface area (Å²) in [6, 6.07) is 16.8. The molecule has 1 aromatic heterocycles. The molecule has 1 saturated heterocycles. The summed E-state index contributed by atoms with van der Waals surface area (Å²) >= 11 is 0. The molecular formula is C25H27N5O4. The lowest BCUT2D eigenvalue weighted by Gasteiger charge is -2.33. The number of nitrogens with one attached hydrogen (secondary N) is 1. The van der Waals surface area contributed by atoms with Crippen LogP contribution in [0.25, 0.3) is 0 Å². The van der Waals surface area contributed by atoms with E-state index < -0.39 is 5.60 Å². The van der Waals surface area contributed by atoms with Gasteiger partial charge in [0, 0.05) is 12.1 Å². The summed E-state index contributed by atoms with van der Waals surface area (Å²) in [5.74, 6) is 0.461. The molecule has 1 atom stereocenters. The highest BCUT2D eigenvalue weighted by Gasteiger charge is 2.44. The van der Waals surface area contributed by atoms with Crippen LogP contribution in [-0.4, -0.2) is 57.0 Å². The zero-order valence-electron chi connectivity index (χ0n) is 19.1. The van der Waals surface area contributed by atoms with E-state index in [2.05, 4.69) is 15.6 Å². The van der Waals surface area contributed by atoms with Crippen LogP contribution >= 0.6 is 0 Å². The van der Waals surface area contributed by atoms with Crippen molar-refractivity contribution in [2.24, 2.45) is 0 Å². The SMILES string of the molecule is Cc1cccc(C(=O)NCc2nnn3c2COC2(CCN(C(=O)COc4ccccc4)C2)C3)c1. The molecule has 2 aromatic carbocycles. The third-order valence-electron chi connectivity index (χ3n) is 6.34. The molecule has 0 aliphatic carbocycles. The number of carbonyl (C=O) groups excluding carboxylic acids is 2. The van der Waals surface area contributed by atoms with Gasteiger partial charge in [0.15, 0.2) is 6.61 Å². The summed E-state index contributed by atoms with van der Waals surface area (Å²) in [6.45, 7) is 4.19. The quantitative estimate of drug-likeness (QED) is 0.604. The molecular weight excluding hydrogens is 434 g/mol. The van der Waals surface area contributed by atoms with Gasteiger partial charge < -0.3 is 19.7 Å². The molecule has 34 heavy (non-hydrogen) atoms. The minimum absolute atomic E-state index is 0.000542. The second-order valence-electron chi connectivity index (χ2n) is 8.83. The van der Waals surface area contributed by atoms with Crippen LogP contribution in [0.4, 0.5) is 0 Å². The molecule has 2 aliphatic rings. The van der Waals surface area contributed by atoms with Gasteiger partial charge >= 0.3 is 0 Å². The summed E-state index contributed by atoms with van der Waals surface area (Å²) < 4.78 is 13.7. The maximum atomic E-state index is 12.7. The Bertz CT molecular complexity index is 1200. The van der Waals surface area contributed by atoms with Gasteiger partial charge in [0.2, 0.25) is 0 Å². The predicted octanol–water partition coefficient (Wildman–Crippen LogP) is 2.10. The first-order valence-electron chi connectivity index (χ1n) is 11.4. The average Bonchev–Trinajstić information content (AvgIpc) is 3.45. The Kier molecular flexibility index (Phi) is 6.02. The molecule has 5 rings (SSSR count). The molecule has 1 unspecified atom stereocenters. The van der Waals surface area contributed by atoms with Gasteiger partial charge in [-0.25, -0.2) is 4.68 Å². The lowest BCUT2D eigenvalue weighted by Crippen LogP contribution is -2.46. The number of benzene rings is 2. The Morgan fingerprint density at radius 1 is 1.15 bits per heavy atom. The van der Waals surface area contributed by atoms with Gasteiger partial charge in [-0.2, -0.15) is 0 Å². The van der Waals surface area contributed by atoms with E-state index in [-0.39, 0.29) is 25.0 Å². The molecule has 1 spiro atoms. The van der Waals surface area contributed by atoms with Crippen LogP contribution in [0.1, 0.15) is 33.7 Å². The molecule has 176 valence electrons. The van der Waals surface area contributed by atoms with Crippen molar-refractivity contribution < 1.29 is 19.1 Å². The van der Waals surface area contributed by atoms with Crippen molar-refractivity contribution in [3.05, 3.63) is 77.1 Å². The molecule has 1 N–H and O–H groups in total. The average molecular weight is 462 g/mol. The second-order valence-corrected chi connectivity index (χ2v) is 8.83. The summed E-state index contributed by atoms with van der Waals surface area (Å²) in [6.07, 6.45) is 0.725. The van der Waals surface area contributed by atoms with Crippen molar-refractivity contribution in [3.8, 4) is 5.75 Å². The zero-order valence-corrected chi connectivity index (χ0v) is 19.1. The van der Waals surface area contributed by atoms with Crippen LogP contribution in [0.15, 0.2) is 54.6 Å². The number of para-hydroxylation sites is 1. The first kappa shape index (κ1) is 22.1. The fourth-order valence-corrected chi connectivity index (χ4v) is 4.44. The van der Waals surface area contributed by atoms with Crippen molar-refractivity contribution in [2.45, 2.75) is 38.6 Å². The summed E-state index contributed by atoms with van der Waals surface area (Å²) in [7, 11) is 0. The number of aromatic nitrogens is 3. The number of likely N-dealkylation sites (tertiary alicyclic amines) is 1. The Balaban J connectivity index is 1.17. The monoisotopic (exact) mass is 461 g/mol. The number of carbonyl (C=O) groups is 2. The van der Waals surface area contributed by atoms with Gasteiger partial charge in [0.05, 0.1) is 31.9 Å². The standard InChI is InChI=1S/C25H27N5O4/c1-18-6-5-7-19(12-18)24(32)26-13-21-22-14-34-25(17-30(22)28-27-21)10-11-29(16-25)23(31)15-33-20-8-3-2-4-9-20/h2-9,12H,10-11,13-17H2,1H3,(H,26,32). The number of hydrogen-bond donors (Lipinski definition) is 1. The fraction of sp³-hybridized carbons (Fsp3) is 0.360. The molecule has 0 radical (unpaired) electrons. The molecule has 0 bridgehead atoms. The van der Waals surface area contributed by atoms with E-state index in [4.69, 9.17) is 9.47 Å². The molecule has 0 saturated carbocycles. The Hall–Kier alpha value is -3.72. The largest absolute Gasteiger partial charge is 0.484 e. The maximum Gasteiger partial charge on any atom is 0.260 e. The Labute approximate surface area is 197 Å². The number of hydrogen-bond acceptors (Lipinski definition) is 6. The Morgan fingerprint density at radius 3 is 2.82 bits per heavy atom. The van der Waals surface area contributed by atoms with E-state index >= 15 is 0 Å². The molecule has 9 heteroatoms. The first-order chi connectivity index (χ1) is 16.5. The van der Waals surface area contributed by atoms with E-state index in [0.29, 0.717) is 43.2 Å². The predicted molar refractivity (Wildman–Crippen MR) is 123 cm³/mol. The number of aryl methyl sites for hydroxylation is 1. The van der Waals surface area contributed by atoms with E-state index in [1.54, 1.807) is 11.0 Å². The molecule has 2 amide bonds. The smallest absolute Gasteiger partial charge is 0.260 e. The number of nitrogens with zero attached hydrogens (tertiary/aromatic N) is 4. The highest BCUT2D eigenvalue weighted by Crippen LogP contribution is 2.32. The minimum atomic E-state index is -0.481.